The third-order valence-electron chi connectivity index (χ3n) is 4.98. The molecular formula is C24H25N5O6. The average Bonchev–Trinajstić information content (AvgIpc) is 3.33. The molecule has 0 aliphatic rings. The number of rotatable bonds is 11. The van der Waals surface area contributed by atoms with Crippen LogP contribution in [0.1, 0.15) is 0 Å². The molecule has 0 atom stereocenters. The fourth-order valence-corrected chi connectivity index (χ4v) is 3.22. The fourth-order valence-electron chi connectivity index (χ4n) is 3.22. The lowest BCUT2D eigenvalue weighted by Gasteiger charge is -2.10. The fraction of sp³-hybridized carbons (Fsp3) is 0.250. The zero-order valence-electron chi connectivity index (χ0n) is 19.6. The molecule has 0 unspecified atom stereocenters. The minimum atomic E-state index is -0.262. The minimum absolute atomic E-state index is 0.105. The number of fused-ring (bicyclic) bond motifs is 1. The number of ether oxygens (including phenoxy) is 5. The predicted molar refractivity (Wildman–Crippen MR) is 126 cm³/mol. The highest BCUT2D eigenvalue weighted by molar-refractivity contribution is 5.77. The molecule has 0 saturated heterocycles. The van der Waals surface area contributed by atoms with E-state index in [2.05, 4.69) is 20.6 Å². The van der Waals surface area contributed by atoms with E-state index in [0.29, 0.717) is 40.3 Å². The second kappa shape index (κ2) is 11.1. The first-order valence-corrected chi connectivity index (χ1v) is 10.7. The Bertz CT molecular complexity index is 1290. The molecule has 2 heterocycles. The van der Waals surface area contributed by atoms with E-state index in [0.717, 1.165) is 5.56 Å². The molecule has 2 aromatic carbocycles. The number of methoxy groups -OCH3 is 3. The monoisotopic (exact) mass is 479 g/mol. The summed E-state index contributed by atoms with van der Waals surface area (Å²) in [6.07, 6.45) is 0. The number of nitrogens with one attached hydrogen (secondary N) is 1. The van der Waals surface area contributed by atoms with Crippen LogP contribution < -0.4 is 29.0 Å². The van der Waals surface area contributed by atoms with E-state index < -0.39 is 0 Å². The van der Waals surface area contributed by atoms with Crippen molar-refractivity contribution in [3.63, 3.8) is 0 Å². The van der Waals surface area contributed by atoms with Gasteiger partial charge in [-0.3, -0.25) is 4.79 Å². The van der Waals surface area contributed by atoms with Crippen LogP contribution in [0.15, 0.2) is 54.6 Å². The Kier molecular flexibility index (Phi) is 7.46. The van der Waals surface area contributed by atoms with Gasteiger partial charge < -0.3 is 29.0 Å². The first-order valence-electron chi connectivity index (χ1n) is 10.7. The van der Waals surface area contributed by atoms with Crippen molar-refractivity contribution < 1.29 is 28.5 Å². The van der Waals surface area contributed by atoms with Crippen molar-refractivity contribution in [3.05, 3.63) is 54.6 Å². The third kappa shape index (κ3) is 5.69. The summed E-state index contributed by atoms with van der Waals surface area (Å²) < 4.78 is 28.5. The Morgan fingerprint density at radius 3 is 2.37 bits per heavy atom. The highest BCUT2D eigenvalue weighted by atomic mass is 16.5. The predicted octanol–water partition coefficient (Wildman–Crippen LogP) is 2.39. The van der Waals surface area contributed by atoms with Gasteiger partial charge in [-0.2, -0.15) is 4.52 Å². The van der Waals surface area contributed by atoms with Crippen LogP contribution in [0.5, 0.6) is 28.9 Å². The highest BCUT2D eigenvalue weighted by Gasteiger charge is 2.14. The molecule has 0 bridgehead atoms. The van der Waals surface area contributed by atoms with Crippen LogP contribution in [0.2, 0.25) is 0 Å². The second-order valence-corrected chi connectivity index (χ2v) is 7.20. The van der Waals surface area contributed by atoms with E-state index in [-0.39, 0.29) is 25.7 Å². The van der Waals surface area contributed by atoms with Gasteiger partial charge in [0.2, 0.25) is 5.88 Å². The van der Waals surface area contributed by atoms with Crippen LogP contribution >= 0.6 is 0 Å². The first kappa shape index (κ1) is 23.6. The minimum Gasteiger partial charge on any atom is -0.497 e. The van der Waals surface area contributed by atoms with Crippen molar-refractivity contribution in [1.82, 2.24) is 25.1 Å². The topological polar surface area (TPSA) is 118 Å². The van der Waals surface area contributed by atoms with Crippen LogP contribution in [-0.4, -0.2) is 66.8 Å². The Morgan fingerprint density at radius 2 is 1.63 bits per heavy atom. The third-order valence-corrected chi connectivity index (χ3v) is 4.98. The lowest BCUT2D eigenvalue weighted by atomic mass is 10.2. The zero-order chi connectivity index (χ0) is 24.6. The van der Waals surface area contributed by atoms with Gasteiger partial charge in [0.15, 0.2) is 29.6 Å². The number of carbonyl (C=O) groups excluding carboxylic acids is 1. The summed E-state index contributed by atoms with van der Waals surface area (Å²) in [6, 6.07) is 15.9. The van der Waals surface area contributed by atoms with E-state index in [1.54, 1.807) is 74.4 Å². The molecule has 4 rings (SSSR count). The SMILES string of the molecule is COc1ccc(OCC(=O)NCCOc2ccc3nnc(-c4ccc(OC)c(OC)c4)n3n2)cc1. The van der Waals surface area contributed by atoms with Crippen LogP contribution in [0.4, 0.5) is 0 Å². The standard InChI is InChI=1S/C24H25N5O6/c1-31-17-5-7-18(8-6-17)35-15-22(30)25-12-13-34-23-11-10-21-26-27-24(29(21)28-23)16-4-9-19(32-2)20(14-16)33-3/h4-11,14H,12-13,15H2,1-3H3,(H,25,30). The van der Waals surface area contributed by atoms with Crippen molar-refractivity contribution in [2.45, 2.75) is 0 Å². The summed E-state index contributed by atoms with van der Waals surface area (Å²) in [5, 5.41) is 15.6. The summed E-state index contributed by atoms with van der Waals surface area (Å²) in [7, 11) is 4.73. The molecule has 0 fully saturated rings. The van der Waals surface area contributed by atoms with Gasteiger partial charge in [0.25, 0.3) is 5.91 Å². The summed E-state index contributed by atoms with van der Waals surface area (Å²) in [5.41, 5.74) is 1.31. The number of aromatic nitrogens is 4. The van der Waals surface area contributed by atoms with Crippen LogP contribution in [-0.2, 0) is 4.79 Å². The second-order valence-electron chi connectivity index (χ2n) is 7.20. The molecule has 11 heteroatoms. The molecule has 0 saturated carbocycles. The highest BCUT2D eigenvalue weighted by Crippen LogP contribution is 2.31. The quantitative estimate of drug-likeness (QED) is 0.324. The Hall–Kier alpha value is -4.54. The Morgan fingerprint density at radius 1 is 0.857 bits per heavy atom. The molecule has 1 amide bonds. The summed E-state index contributed by atoms with van der Waals surface area (Å²) in [4.78, 5) is 12.0. The van der Waals surface area contributed by atoms with Gasteiger partial charge in [0, 0.05) is 11.6 Å². The van der Waals surface area contributed by atoms with E-state index >= 15 is 0 Å². The number of hydrogen-bond acceptors (Lipinski definition) is 9. The molecule has 0 aliphatic heterocycles. The number of amides is 1. The average molecular weight is 479 g/mol. The van der Waals surface area contributed by atoms with E-state index in [1.165, 1.54) is 0 Å². The maximum atomic E-state index is 12.0. The largest absolute Gasteiger partial charge is 0.497 e. The lowest BCUT2D eigenvalue weighted by molar-refractivity contribution is -0.123. The lowest BCUT2D eigenvalue weighted by Crippen LogP contribution is -2.32. The van der Waals surface area contributed by atoms with E-state index in [1.807, 2.05) is 6.07 Å². The molecule has 4 aromatic rings. The van der Waals surface area contributed by atoms with E-state index in [9.17, 15) is 4.79 Å². The number of hydrogen-bond donors (Lipinski definition) is 1. The first-order chi connectivity index (χ1) is 17.1. The van der Waals surface area contributed by atoms with Gasteiger partial charge in [-0.15, -0.1) is 15.3 Å². The van der Waals surface area contributed by atoms with Crippen molar-refractivity contribution in [3.8, 4) is 40.3 Å². The maximum absolute atomic E-state index is 12.0. The number of carbonyl (C=O) groups is 1. The normalized spacial score (nSPS) is 10.6. The zero-order valence-corrected chi connectivity index (χ0v) is 19.6. The molecule has 11 nitrogen and oxygen atoms in total. The molecule has 1 N–H and O–H groups in total. The molecule has 0 aliphatic carbocycles. The molecule has 2 aromatic heterocycles. The van der Waals surface area contributed by atoms with Crippen molar-refractivity contribution in [2.75, 3.05) is 41.1 Å². The summed E-state index contributed by atoms with van der Waals surface area (Å²) >= 11 is 0. The molecule has 0 spiro atoms. The Labute approximate surface area is 201 Å². The molecule has 182 valence electrons. The molecule has 0 radical (unpaired) electrons. The molecular weight excluding hydrogens is 454 g/mol. The van der Waals surface area contributed by atoms with Gasteiger partial charge in [-0.1, -0.05) is 0 Å². The van der Waals surface area contributed by atoms with Crippen molar-refractivity contribution in [1.29, 1.82) is 0 Å². The maximum Gasteiger partial charge on any atom is 0.258 e. The van der Waals surface area contributed by atoms with Gasteiger partial charge in [0.1, 0.15) is 18.1 Å². The van der Waals surface area contributed by atoms with Gasteiger partial charge in [-0.25, -0.2) is 0 Å². The van der Waals surface area contributed by atoms with Crippen molar-refractivity contribution in [2.24, 2.45) is 0 Å². The van der Waals surface area contributed by atoms with E-state index in [4.69, 9.17) is 23.7 Å². The smallest absolute Gasteiger partial charge is 0.258 e. The number of benzene rings is 2. The van der Waals surface area contributed by atoms with Gasteiger partial charge in [-0.05, 0) is 48.5 Å². The van der Waals surface area contributed by atoms with Gasteiger partial charge in [0.05, 0.1) is 27.9 Å². The van der Waals surface area contributed by atoms with Gasteiger partial charge >= 0.3 is 0 Å². The molecule has 35 heavy (non-hydrogen) atoms. The Balaban J connectivity index is 1.31. The van der Waals surface area contributed by atoms with Crippen molar-refractivity contribution >= 4 is 11.6 Å². The van der Waals surface area contributed by atoms with Crippen LogP contribution in [0, 0.1) is 0 Å². The summed E-state index contributed by atoms with van der Waals surface area (Å²) in [6.45, 7) is 0.405. The summed E-state index contributed by atoms with van der Waals surface area (Å²) in [5.74, 6) is 3.10. The number of nitrogens with zero attached hydrogens (tertiary/aromatic N) is 4. The van der Waals surface area contributed by atoms with Crippen LogP contribution in [0.3, 0.4) is 0 Å². The van der Waals surface area contributed by atoms with Crippen LogP contribution in [0.25, 0.3) is 17.0 Å².